The number of halogens is 2. The molecule has 0 bridgehead atoms. The maximum absolute atomic E-state index is 13.1. The Hall–Kier alpha value is -3.20. The molecule has 0 radical (unpaired) electrons. The molecule has 2 aliphatic rings. The number of piperidine rings is 2. The van der Waals surface area contributed by atoms with Gasteiger partial charge in [0.05, 0.1) is 51.5 Å². The number of H-pyrrole nitrogens is 1. The van der Waals surface area contributed by atoms with Crippen molar-refractivity contribution in [2.45, 2.75) is 78.3 Å². The monoisotopic (exact) mass is 1020 g/mol. The highest BCUT2D eigenvalue weighted by atomic mass is 35.5. The maximum atomic E-state index is 13.1. The predicted octanol–water partition coefficient (Wildman–Crippen LogP) is 5.67. The molecule has 19 nitrogen and oxygen atoms in total. The summed E-state index contributed by atoms with van der Waals surface area (Å²) in [5, 5.41) is 44.8. The van der Waals surface area contributed by atoms with Crippen LogP contribution in [0.5, 0.6) is 0 Å². The summed E-state index contributed by atoms with van der Waals surface area (Å²) in [5.74, 6) is 0.382. The van der Waals surface area contributed by atoms with Gasteiger partial charge < -0.3 is 26.0 Å². The molecule has 65 heavy (non-hydrogen) atoms. The second kappa shape index (κ2) is 23.2. The van der Waals surface area contributed by atoms with Gasteiger partial charge in [-0.1, -0.05) is 23.2 Å². The van der Waals surface area contributed by atoms with E-state index in [1.165, 1.54) is 56.9 Å². The largest absolute Gasteiger partial charge is 0.481 e. The zero-order chi connectivity index (χ0) is 48.5. The van der Waals surface area contributed by atoms with Gasteiger partial charge in [-0.25, -0.2) is 0 Å². The smallest absolute Gasteiger partial charge is 0.311 e. The molecule has 0 saturated carbocycles. The van der Waals surface area contributed by atoms with Gasteiger partial charge in [-0.15, -0.1) is 22.7 Å². The van der Waals surface area contributed by atoms with Gasteiger partial charge in [-0.2, -0.15) is 48.9 Å². The molecule has 2 aliphatic heterocycles. The van der Waals surface area contributed by atoms with Crippen LogP contribution in [0.3, 0.4) is 0 Å². The van der Waals surface area contributed by atoms with E-state index in [1.807, 2.05) is 36.4 Å². The van der Waals surface area contributed by atoms with Crippen molar-refractivity contribution in [2.24, 2.45) is 10.8 Å². The molecule has 2 fully saturated rings. The molecule has 0 unspecified atom stereocenters. The highest BCUT2D eigenvalue weighted by Gasteiger charge is 2.35. The number of hydrogen-bond donors (Lipinski definition) is 6. The molecule has 4 aromatic rings. The summed E-state index contributed by atoms with van der Waals surface area (Å²) in [4.78, 5) is 25.3. The Labute approximate surface area is 400 Å². The van der Waals surface area contributed by atoms with Crippen LogP contribution in [0.4, 0.5) is 11.6 Å². The zero-order valence-electron chi connectivity index (χ0n) is 37.9. The Kier molecular flexibility index (Phi) is 19.4. The number of carbonyl (C=O) groups excluding carboxylic acids is 1. The lowest BCUT2D eigenvalue weighted by molar-refractivity contribution is -0.148. The lowest BCUT2D eigenvalue weighted by Gasteiger charge is -2.32. The average molecular weight is 1030 g/mol. The fourth-order valence-electron chi connectivity index (χ4n) is 6.43. The Morgan fingerprint density at radius 2 is 1.23 bits per heavy atom. The molecule has 4 aromatic heterocycles. The first-order valence-corrected chi connectivity index (χ1v) is 26.0. The molecule has 0 aliphatic carbocycles. The summed E-state index contributed by atoms with van der Waals surface area (Å²) < 4.78 is 57.4. The van der Waals surface area contributed by atoms with Crippen LogP contribution in [-0.2, 0) is 38.3 Å². The molecule has 364 valence electrons. The molecule has 6 rings (SSSR count). The first-order valence-electron chi connectivity index (χ1n) is 20.8. The highest BCUT2D eigenvalue weighted by molar-refractivity contribution is 7.87. The number of hydrogen-bond acceptors (Lipinski definition) is 14. The maximum Gasteiger partial charge on any atom is 0.311 e. The summed E-state index contributed by atoms with van der Waals surface area (Å²) in [5.41, 5.74) is -0.191. The number of nitrogens with zero attached hydrogens (tertiary/aromatic N) is 7. The molecule has 0 spiro atoms. The van der Waals surface area contributed by atoms with Crippen molar-refractivity contribution in [3.8, 4) is 0 Å². The summed E-state index contributed by atoms with van der Waals surface area (Å²) in [6, 6.07) is 11.5. The number of carbonyl (C=O) groups is 2. The van der Waals surface area contributed by atoms with Crippen molar-refractivity contribution in [3.05, 3.63) is 66.2 Å². The number of rotatable bonds is 16. The third kappa shape index (κ3) is 14.6. The van der Waals surface area contributed by atoms with E-state index in [2.05, 4.69) is 25.9 Å². The van der Waals surface area contributed by atoms with E-state index in [0.717, 1.165) is 44.1 Å². The molecule has 2 saturated heterocycles. The van der Waals surface area contributed by atoms with Gasteiger partial charge in [-0.3, -0.25) is 14.7 Å². The van der Waals surface area contributed by atoms with Crippen LogP contribution in [-0.4, -0.2) is 149 Å². The second-order valence-corrected chi connectivity index (χ2v) is 25.2. The van der Waals surface area contributed by atoms with Gasteiger partial charge in [0, 0.05) is 93.8 Å². The van der Waals surface area contributed by atoms with E-state index in [1.54, 1.807) is 43.6 Å². The topological polar surface area (TPSA) is 247 Å². The fraction of sp³-hybridized carbons (Fsp3) is 0.600. The van der Waals surface area contributed by atoms with E-state index in [-0.39, 0.29) is 25.0 Å². The van der Waals surface area contributed by atoms with Crippen LogP contribution in [0.15, 0.2) is 36.4 Å². The van der Waals surface area contributed by atoms with Gasteiger partial charge in [0.25, 0.3) is 26.3 Å². The number of aliphatic carboxylic acids is 1. The lowest BCUT2D eigenvalue weighted by atomic mass is 9.94. The van der Waals surface area contributed by atoms with Crippen LogP contribution in [0.25, 0.3) is 0 Å². The summed E-state index contributed by atoms with van der Waals surface area (Å²) in [7, 11) is -0.586. The molecule has 0 aromatic carbocycles. The van der Waals surface area contributed by atoms with Crippen molar-refractivity contribution in [3.63, 3.8) is 0 Å². The standard InChI is InChI=1S/C20H30ClN5O4S2.C15H22ClN5O2S2.C5H10O3/c1-20(2,13-27)19(28)26-18(22-12-15-5-6-17(21)31-15)11-16(23-26)14-7-9-25(10-8-14)32(29,30)24(3)4;1-20(2)25(22,23)21-7-5-11(6-8-21)13-9-15(19-18-13)17-10-12-3-4-14(16)24-12;1-5(2,3-6)4(7)8/h5-6,11,14,22,27H,7-10,12-13H2,1-4H3;3-4,9,11H,5-8,10H2,1-2H3,(H2,17,18,19);6H,3H2,1-2H3,(H,7,8). The Morgan fingerprint density at radius 1 is 0.769 bits per heavy atom. The van der Waals surface area contributed by atoms with Crippen LogP contribution in [0, 0.1) is 10.8 Å². The van der Waals surface area contributed by atoms with Crippen molar-refractivity contribution in [2.75, 3.05) is 78.2 Å². The lowest BCUT2D eigenvalue weighted by Crippen LogP contribution is -2.44. The first kappa shape index (κ1) is 54.4. The van der Waals surface area contributed by atoms with Crippen LogP contribution in [0.1, 0.15) is 91.2 Å². The third-order valence-electron chi connectivity index (χ3n) is 11.0. The molecule has 25 heteroatoms. The van der Waals surface area contributed by atoms with E-state index >= 15 is 0 Å². The van der Waals surface area contributed by atoms with Crippen molar-refractivity contribution < 1.29 is 41.7 Å². The fourth-order valence-corrected chi connectivity index (χ4v) is 10.8. The van der Waals surface area contributed by atoms with Crippen LogP contribution >= 0.6 is 45.9 Å². The molecule has 6 N–H and O–H groups in total. The number of anilines is 2. The number of aromatic amines is 1. The zero-order valence-corrected chi connectivity index (χ0v) is 42.7. The minimum Gasteiger partial charge on any atom is -0.481 e. The van der Waals surface area contributed by atoms with E-state index in [9.17, 15) is 31.5 Å². The summed E-state index contributed by atoms with van der Waals surface area (Å²) >= 11 is 14.9. The summed E-state index contributed by atoms with van der Waals surface area (Å²) in [6.45, 7) is 8.66. The van der Waals surface area contributed by atoms with Gasteiger partial charge in [0.15, 0.2) is 0 Å². The number of aliphatic hydroxyl groups is 2. The molecular formula is C40H62Cl2N10O9S4. The van der Waals surface area contributed by atoms with Crippen LogP contribution in [0.2, 0.25) is 8.67 Å². The average Bonchev–Trinajstić information content (AvgIpc) is 4.10. The Balaban J connectivity index is 0.000000249. The minimum atomic E-state index is -3.44. The van der Waals surface area contributed by atoms with Crippen LogP contribution < -0.4 is 10.6 Å². The third-order valence-corrected chi connectivity index (χ3v) is 17.3. The quantitative estimate of drug-likeness (QED) is 0.0794. The van der Waals surface area contributed by atoms with Crippen molar-refractivity contribution >= 4 is 89.8 Å². The van der Waals surface area contributed by atoms with E-state index < -0.39 is 37.2 Å². The SMILES string of the molecule is CC(C)(CO)C(=O)O.CN(C)S(=O)(=O)N1CCC(c2cc(NCc3ccc(Cl)s3)n(C(=O)C(C)(C)CO)n2)CC1.CN(C)S(=O)(=O)N1CCC(c2cc(NCc3ccc(Cl)s3)n[nH]2)CC1. The summed E-state index contributed by atoms with van der Waals surface area (Å²) in [6.07, 6.45) is 2.80. The minimum absolute atomic E-state index is 0.0339. The Morgan fingerprint density at radius 3 is 1.63 bits per heavy atom. The Bertz CT molecular complexity index is 2400. The molecular weight excluding hydrogens is 964 g/mol. The number of carboxylic acids is 1. The van der Waals surface area contributed by atoms with E-state index in [0.29, 0.717) is 68.2 Å². The van der Waals surface area contributed by atoms with Gasteiger partial charge in [0.1, 0.15) is 11.6 Å². The van der Waals surface area contributed by atoms with E-state index in [4.69, 9.17) is 33.4 Å². The van der Waals surface area contributed by atoms with Gasteiger partial charge in [0.2, 0.25) is 0 Å². The highest BCUT2D eigenvalue weighted by Crippen LogP contribution is 2.33. The number of nitrogens with one attached hydrogen (secondary N) is 3. The number of aliphatic hydroxyl groups excluding tert-OH is 2. The number of carboxylic acid groups (broad SMARTS) is 1. The number of thiophene rings is 2. The first-order chi connectivity index (χ1) is 30.3. The molecule has 6 heterocycles. The molecule has 0 amide bonds. The second-order valence-electron chi connectivity index (χ2n) is 17.3. The normalized spacial score (nSPS) is 16.2. The van der Waals surface area contributed by atoms with Gasteiger partial charge in [-0.05, 0) is 77.6 Å². The van der Waals surface area contributed by atoms with Gasteiger partial charge >= 0.3 is 5.97 Å². The van der Waals surface area contributed by atoms with Crippen molar-refractivity contribution in [1.29, 1.82) is 0 Å². The number of aromatic nitrogens is 4. The molecule has 0 atom stereocenters. The van der Waals surface area contributed by atoms with Crippen molar-refractivity contribution in [1.82, 2.24) is 37.2 Å². The predicted molar refractivity (Wildman–Crippen MR) is 256 cm³/mol.